The van der Waals surface area contributed by atoms with Crippen LogP contribution in [0.15, 0.2) is 49.1 Å². The van der Waals surface area contributed by atoms with Gasteiger partial charge in [-0.15, -0.1) is 6.58 Å². The molecule has 1 aromatic carbocycles. The third kappa shape index (κ3) is 7.07. The minimum absolute atomic E-state index is 1.12. The van der Waals surface area contributed by atoms with E-state index in [4.69, 9.17) is 0 Å². The number of rotatable bonds is 1. The van der Waals surface area contributed by atoms with Crippen LogP contribution >= 0.6 is 0 Å². The Balaban J connectivity index is 0.000000310. The molecule has 1 aromatic rings. The molecular formula is C13H18. The molecular weight excluding hydrogens is 156 g/mol. The molecule has 0 radical (unpaired) electrons. The van der Waals surface area contributed by atoms with Gasteiger partial charge in [-0.2, -0.15) is 0 Å². The first-order valence-corrected chi connectivity index (χ1v) is 4.37. The van der Waals surface area contributed by atoms with Crippen molar-refractivity contribution in [3.8, 4) is 0 Å². The normalized spacial score (nSPS) is 8.23. The van der Waals surface area contributed by atoms with Gasteiger partial charge in [0.15, 0.2) is 0 Å². The predicted octanol–water partition coefficient (Wildman–Crippen LogP) is 4.30. The Labute approximate surface area is 81.6 Å². The van der Waals surface area contributed by atoms with E-state index in [0.717, 1.165) is 5.57 Å². The van der Waals surface area contributed by atoms with Crippen molar-refractivity contribution < 1.29 is 0 Å². The van der Waals surface area contributed by atoms with E-state index in [1.54, 1.807) is 0 Å². The van der Waals surface area contributed by atoms with Crippen LogP contribution in [0, 0.1) is 0 Å². The lowest BCUT2D eigenvalue weighted by Gasteiger charge is -1.94. The summed E-state index contributed by atoms with van der Waals surface area (Å²) in [6.07, 6.45) is 0. The summed E-state index contributed by atoms with van der Waals surface area (Å²) in [5.41, 5.74) is 3.51. The Morgan fingerprint density at radius 1 is 0.923 bits per heavy atom. The van der Waals surface area contributed by atoms with Crippen LogP contribution in [0.1, 0.15) is 26.3 Å². The average molecular weight is 174 g/mol. The number of benzene rings is 1. The van der Waals surface area contributed by atoms with Crippen molar-refractivity contribution in [2.75, 3.05) is 0 Å². The van der Waals surface area contributed by atoms with E-state index >= 15 is 0 Å². The molecule has 0 aromatic heterocycles. The standard InChI is InChI=1S/C9H10.C4H8/c1-8(2)9-6-4-3-5-7-9;1-4(2)3/h3-7H,1H2,2H3;1H2,2-3H3. The fourth-order valence-corrected chi connectivity index (χ4v) is 0.723. The largest absolute Gasteiger partial charge is 0.100 e. The lowest BCUT2D eigenvalue weighted by atomic mass is 10.1. The van der Waals surface area contributed by atoms with Gasteiger partial charge in [-0.3, -0.25) is 0 Å². The fraction of sp³-hybridized carbons (Fsp3) is 0.231. The van der Waals surface area contributed by atoms with Crippen LogP contribution in [0.5, 0.6) is 0 Å². The molecule has 0 spiro atoms. The van der Waals surface area contributed by atoms with Crippen molar-refractivity contribution in [1.82, 2.24) is 0 Å². The van der Waals surface area contributed by atoms with Crippen LogP contribution in [0.3, 0.4) is 0 Å². The fourth-order valence-electron chi connectivity index (χ4n) is 0.723. The third-order valence-corrected chi connectivity index (χ3v) is 1.27. The molecule has 0 fully saturated rings. The molecule has 0 bridgehead atoms. The summed E-state index contributed by atoms with van der Waals surface area (Å²) in [6, 6.07) is 10.2. The zero-order chi connectivity index (χ0) is 10.3. The molecule has 0 heteroatoms. The quantitative estimate of drug-likeness (QED) is 0.557. The molecule has 13 heavy (non-hydrogen) atoms. The van der Waals surface area contributed by atoms with Crippen molar-refractivity contribution in [1.29, 1.82) is 0 Å². The molecule has 0 unspecified atom stereocenters. The minimum Gasteiger partial charge on any atom is -0.100 e. The highest BCUT2D eigenvalue weighted by Gasteiger charge is 1.86. The second-order valence-electron chi connectivity index (χ2n) is 3.35. The molecule has 0 atom stereocenters. The van der Waals surface area contributed by atoms with Gasteiger partial charge in [0.05, 0.1) is 0 Å². The molecule has 0 aliphatic rings. The minimum atomic E-state index is 1.12. The maximum atomic E-state index is 3.83. The summed E-state index contributed by atoms with van der Waals surface area (Å²) in [5.74, 6) is 0. The Hall–Kier alpha value is -1.30. The maximum absolute atomic E-state index is 3.83. The van der Waals surface area contributed by atoms with Gasteiger partial charge < -0.3 is 0 Å². The van der Waals surface area contributed by atoms with Crippen LogP contribution < -0.4 is 0 Å². The summed E-state index contributed by atoms with van der Waals surface area (Å²) in [6.45, 7) is 13.3. The Bertz CT molecular complexity index is 263. The molecule has 0 aliphatic heterocycles. The second kappa shape index (κ2) is 6.24. The van der Waals surface area contributed by atoms with E-state index in [-0.39, 0.29) is 0 Å². The van der Waals surface area contributed by atoms with Gasteiger partial charge in [0.1, 0.15) is 0 Å². The molecule has 0 amide bonds. The second-order valence-corrected chi connectivity index (χ2v) is 3.35. The number of allylic oxidation sites excluding steroid dienone is 2. The van der Waals surface area contributed by atoms with Gasteiger partial charge >= 0.3 is 0 Å². The van der Waals surface area contributed by atoms with Gasteiger partial charge in [0.25, 0.3) is 0 Å². The van der Waals surface area contributed by atoms with E-state index in [1.807, 2.05) is 39.0 Å². The van der Waals surface area contributed by atoms with E-state index in [0.29, 0.717) is 0 Å². The smallest absolute Gasteiger partial charge is 0.0233 e. The molecule has 0 nitrogen and oxygen atoms in total. The van der Waals surface area contributed by atoms with Crippen LogP contribution in [0.2, 0.25) is 0 Å². The van der Waals surface area contributed by atoms with Crippen molar-refractivity contribution in [2.45, 2.75) is 20.8 Å². The molecule has 70 valence electrons. The molecule has 0 saturated heterocycles. The topological polar surface area (TPSA) is 0 Å². The van der Waals surface area contributed by atoms with E-state index in [1.165, 1.54) is 11.1 Å². The van der Waals surface area contributed by atoms with E-state index < -0.39 is 0 Å². The van der Waals surface area contributed by atoms with Crippen molar-refractivity contribution in [3.63, 3.8) is 0 Å². The zero-order valence-electron chi connectivity index (χ0n) is 8.80. The number of hydrogen-bond donors (Lipinski definition) is 0. The lowest BCUT2D eigenvalue weighted by molar-refractivity contribution is 1.42. The first-order valence-electron chi connectivity index (χ1n) is 4.37. The zero-order valence-corrected chi connectivity index (χ0v) is 8.80. The Morgan fingerprint density at radius 2 is 1.31 bits per heavy atom. The molecule has 0 heterocycles. The van der Waals surface area contributed by atoms with E-state index in [2.05, 4.69) is 25.3 Å². The highest BCUT2D eigenvalue weighted by molar-refractivity contribution is 5.60. The predicted molar refractivity (Wildman–Crippen MR) is 61.6 cm³/mol. The molecule has 0 aliphatic carbocycles. The third-order valence-electron chi connectivity index (χ3n) is 1.27. The van der Waals surface area contributed by atoms with Crippen molar-refractivity contribution >= 4 is 5.57 Å². The van der Waals surface area contributed by atoms with Gasteiger partial charge in [-0.25, -0.2) is 0 Å². The molecule has 0 saturated carbocycles. The molecule has 0 N–H and O–H groups in total. The average Bonchev–Trinajstić information content (AvgIpc) is 2.05. The first kappa shape index (κ1) is 11.7. The molecule has 1 rings (SSSR count). The van der Waals surface area contributed by atoms with Crippen LogP contribution in [-0.4, -0.2) is 0 Å². The number of hydrogen-bond acceptors (Lipinski definition) is 0. The summed E-state index contributed by atoms with van der Waals surface area (Å²) in [5, 5.41) is 0. The lowest BCUT2D eigenvalue weighted by Crippen LogP contribution is -1.72. The summed E-state index contributed by atoms with van der Waals surface area (Å²) < 4.78 is 0. The van der Waals surface area contributed by atoms with E-state index in [9.17, 15) is 0 Å². The maximum Gasteiger partial charge on any atom is -0.0233 e. The van der Waals surface area contributed by atoms with Gasteiger partial charge in [-0.1, -0.05) is 48.1 Å². The SMILES string of the molecule is C=C(C)C.C=C(C)c1ccccc1. The van der Waals surface area contributed by atoms with Crippen molar-refractivity contribution in [3.05, 3.63) is 54.6 Å². The Morgan fingerprint density at radius 3 is 1.54 bits per heavy atom. The Kier molecular flexibility index (Phi) is 5.62. The van der Waals surface area contributed by atoms with Gasteiger partial charge in [0.2, 0.25) is 0 Å². The first-order chi connectivity index (χ1) is 6.04. The van der Waals surface area contributed by atoms with Crippen LogP contribution in [0.25, 0.3) is 5.57 Å². The van der Waals surface area contributed by atoms with Gasteiger partial charge in [0, 0.05) is 0 Å². The highest BCUT2D eigenvalue weighted by atomic mass is 13.9. The highest BCUT2D eigenvalue weighted by Crippen LogP contribution is 2.08. The summed E-state index contributed by atoms with van der Waals surface area (Å²) in [7, 11) is 0. The van der Waals surface area contributed by atoms with Crippen molar-refractivity contribution in [2.24, 2.45) is 0 Å². The monoisotopic (exact) mass is 174 g/mol. The summed E-state index contributed by atoms with van der Waals surface area (Å²) in [4.78, 5) is 0. The van der Waals surface area contributed by atoms with Crippen LogP contribution in [-0.2, 0) is 0 Å². The van der Waals surface area contributed by atoms with Gasteiger partial charge in [-0.05, 0) is 26.3 Å². The van der Waals surface area contributed by atoms with Crippen LogP contribution in [0.4, 0.5) is 0 Å². The summed E-state index contributed by atoms with van der Waals surface area (Å²) >= 11 is 0.